The molecule has 0 saturated heterocycles. The van der Waals surface area contributed by atoms with Crippen LogP contribution in [-0.2, 0) is 4.79 Å². The summed E-state index contributed by atoms with van der Waals surface area (Å²) in [7, 11) is 3.30. The molecule has 0 spiro atoms. The zero-order valence-electron chi connectivity index (χ0n) is 21.0. The SMILES string of the molecule is COc1ccc(C2=C(c3ccc(OC)cc3)C(c3ccc(C)cc3)=C(c3ccc(C)cc3)C2=O)cc1. The number of hydrogen-bond acceptors (Lipinski definition) is 3. The zero-order chi connectivity index (χ0) is 25.2. The number of Topliss-reactive ketones (excluding diaryl/α,β-unsaturated/α-hetero) is 1. The molecule has 0 N–H and O–H groups in total. The Kier molecular flexibility index (Phi) is 6.30. The van der Waals surface area contributed by atoms with Gasteiger partial charge in [-0.1, -0.05) is 83.9 Å². The van der Waals surface area contributed by atoms with Crippen LogP contribution in [0.5, 0.6) is 11.5 Å². The van der Waals surface area contributed by atoms with Gasteiger partial charge in [-0.15, -0.1) is 0 Å². The second-order valence-electron chi connectivity index (χ2n) is 9.02. The van der Waals surface area contributed by atoms with Gasteiger partial charge in [0.05, 0.1) is 14.2 Å². The molecule has 1 aliphatic rings. The molecule has 0 radical (unpaired) electrons. The van der Waals surface area contributed by atoms with Crippen molar-refractivity contribution in [2.75, 3.05) is 14.2 Å². The molecule has 3 heteroatoms. The summed E-state index contributed by atoms with van der Waals surface area (Å²) in [5.41, 5.74) is 9.35. The molecular formula is C33H28O3. The van der Waals surface area contributed by atoms with Gasteiger partial charge in [-0.25, -0.2) is 0 Å². The maximum absolute atomic E-state index is 14.3. The molecule has 4 aromatic rings. The van der Waals surface area contributed by atoms with Crippen molar-refractivity contribution in [2.45, 2.75) is 13.8 Å². The number of ether oxygens (including phenoxy) is 2. The Labute approximate surface area is 212 Å². The van der Waals surface area contributed by atoms with E-state index in [-0.39, 0.29) is 5.78 Å². The van der Waals surface area contributed by atoms with E-state index in [9.17, 15) is 4.79 Å². The first-order chi connectivity index (χ1) is 17.5. The summed E-state index contributed by atoms with van der Waals surface area (Å²) in [6.07, 6.45) is 0. The van der Waals surface area contributed by atoms with Crippen LogP contribution in [0.25, 0.3) is 22.3 Å². The van der Waals surface area contributed by atoms with Crippen molar-refractivity contribution in [3.05, 3.63) is 130 Å². The third-order valence-corrected chi connectivity index (χ3v) is 6.64. The Morgan fingerprint density at radius 3 is 1.00 bits per heavy atom. The van der Waals surface area contributed by atoms with E-state index in [1.165, 1.54) is 5.56 Å². The van der Waals surface area contributed by atoms with Gasteiger partial charge in [-0.2, -0.15) is 0 Å². The molecule has 0 atom stereocenters. The topological polar surface area (TPSA) is 35.5 Å². The minimum atomic E-state index is 0.0189. The number of methoxy groups -OCH3 is 2. The fraction of sp³-hybridized carbons (Fsp3) is 0.121. The van der Waals surface area contributed by atoms with E-state index in [0.29, 0.717) is 5.57 Å². The molecule has 0 aliphatic heterocycles. The molecule has 0 heterocycles. The van der Waals surface area contributed by atoms with Gasteiger partial charge in [0, 0.05) is 22.3 Å². The van der Waals surface area contributed by atoms with Crippen LogP contribution in [0.1, 0.15) is 33.4 Å². The lowest BCUT2D eigenvalue weighted by molar-refractivity contribution is -0.108. The Balaban J connectivity index is 1.83. The number of aryl methyl sites for hydroxylation is 2. The highest BCUT2D eigenvalue weighted by Gasteiger charge is 2.35. The first-order valence-electron chi connectivity index (χ1n) is 12.0. The standard InChI is InChI=1S/C33H28O3/c1-21-5-9-23(10-6-21)29-30(24-13-17-27(35-3)18-14-24)32(26-15-19-28(36-4)20-16-26)33(34)31(29)25-11-7-22(2)8-12-25/h5-20H,1-4H3. The monoisotopic (exact) mass is 472 g/mol. The number of benzene rings is 4. The summed E-state index contributed by atoms with van der Waals surface area (Å²) >= 11 is 0. The van der Waals surface area contributed by atoms with Crippen molar-refractivity contribution in [1.82, 2.24) is 0 Å². The Hall–Kier alpha value is -4.37. The van der Waals surface area contributed by atoms with Crippen LogP contribution in [0.3, 0.4) is 0 Å². The highest BCUT2D eigenvalue weighted by atomic mass is 16.5. The van der Waals surface area contributed by atoms with E-state index < -0.39 is 0 Å². The number of allylic oxidation sites excluding steroid dienone is 4. The number of ketones is 1. The van der Waals surface area contributed by atoms with Crippen molar-refractivity contribution in [3.63, 3.8) is 0 Å². The molecule has 36 heavy (non-hydrogen) atoms. The summed E-state index contributed by atoms with van der Waals surface area (Å²) in [6.45, 7) is 4.13. The lowest BCUT2D eigenvalue weighted by Gasteiger charge is -2.14. The number of carbonyl (C=O) groups is 1. The lowest BCUT2D eigenvalue weighted by atomic mass is 9.89. The molecule has 0 fully saturated rings. The molecule has 3 nitrogen and oxygen atoms in total. The van der Waals surface area contributed by atoms with Gasteiger partial charge in [0.15, 0.2) is 5.78 Å². The smallest absolute Gasteiger partial charge is 0.195 e. The lowest BCUT2D eigenvalue weighted by Crippen LogP contribution is -2.02. The van der Waals surface area contributed by atoms with E-state index in [0.717, 1.165) is 56.0 Å². The van der Waals surface area contributed by atoms with Crippen molar-refractivity contribution in [2.24, 2.45) is 0 Å². The molecule has 0 aromatic heterocycles. The van der Waals surface area contributed by atoms with Crippen molar-refractivity contribution in [3.8, 4) is 11.5 Å². The largest absolute Gasteiger partial charge is 0.497 e. The predicted octanol–water partition coefficient (Wildman–Crippen LogP) is 7.43. The van der Waals surface area contributed by atoms with Gasteiger partial charge in [0.1, 0.15) is 11.5 Å². The van der Waals surface area contributed by atoms with Crippen LogP contribution in [0.15, 0.2) is 97.1 Å². The normalized spacial score (nSPS) is 13.4. The predicted molar refractivity (Wildman–Crippen MR) is 147 cm³/mol. The Morgan fingerprint density at radius 2 is 0.694 bits per heavy atom. The van der Waals surface area contributed by atoms with E-state index in [2.05, 4.69) is 50.2 Å². The fourth-order valence-electron chi connectivity index (χ4n) is 4.69. The Bertz CT molecular complexity index is 1470. The van der Waals surface area contributed by atoms with E-state index in [1.807, 2.05) is 60.7 Å². The first kappa shape index (κ1) is 23.4. The third-order valence-electron chi connectivity index (χ3n) is 6.64. The first-order valence-corrected chi connectivity index (χ1v) is 12.0. The third kappa shape index (κ3) is 4.25. The number of rotatable bonds is 6. The van der Waals surface area contributed by atoms with Crippen molar-refractivity contribution >= 4 is 28.1 Å². The van der Waals surface area contributed by atoms with Gasteiger partial charge in [0.25, 0.3) is 0 Å². The van der Waals surface area contributed by atoms with E-state index in [1.54, 1.807) is 14.2 Å². The molecule has 0 unspecified atom stereocenters. The molecule has 0 amide bonds. The van der Waals surface area contributed by atoms with E-state index >= 15 is 0 Å². The molecule has 0 saturated carbocycles. The van der Waals surface area contributed by atoms with Crippen LogP contribution in [0.4, 0.5) is 0 Å². The minimum Gasteiger partial charge on any atom is -0.497 e. The van der Waals surface area contributed by atoms with Gasteiger partial charge < -0.3 is 9.47 Å². The molecule has 0 bridgehead atoms. The number of carbonyl (C=O) groups excluding carboxylic acids is 1. The fourth-order valence-corrected chi connectivity index (χ4v) is 4.69. The van der Waals surface area contributed by atoms with Crippen LogP contribution < -0.4 is 9.47 Å². The number of hydrogen-bond donors (Lipinski definition) is 0. The van der Waals surface area contributed by atoms with E-state index in [4.69, 9.17) is 9.47 Å². The van der Waals surface area contributed by atoms with Crippen LogP contribution in [0, 0.1) is 13.8 Å². The van der Waals surface area contributed by atoms with Crippen molar-refractivity contribution in [1.29, 1.82) is 0 Å². The van der Waals surface area contributed by atoms with Gasteiger partial charge in [-0.3, -0.25) is 4.79 Å². The quantitative estimate of drug-likeness (QED) is 0.293. The Morgan fingerprint density at radius 1 is 0.417 bits per heavy atom. The maximum atomic E-state index is 14.3. The average Bonchev–Trinajstić information content (AvgIpc) is 3.22. The highest BCUT2D eigenvalue weighted by molar-refractivity contribution is 6.59. The van der Waals surface area contributed by atoms with Crippen molar-refractivity contribution < 1.29 is 14.3 Å². The molecule has 4 aromatic carbocycles. The molecular weight excluding hydrogens is 444 g/mol. The molecule has 178 valence electrons. The van der Waals surface area contributed by atoms with Gasteiger partial charge >= 0.3 is 0 Å². The second kappa shape index (κ2) is 9.71. The molecule has 5 rings (SSSR count). The molecule has 1 aliphatic carbocycles. The summed E-state index contributed by atoms with van der Waals surface area (Å²) < 4.78 is 10.8. The summed E-state index contributed by atoms with van der Waals surface area (Å²) in [5.74, 6) is 1.54. The van der Waals surface area contributed by atoms with Gasteiger partial charge in [-0.05, 0) is 60.4 Å². The van der Waals surface area contributed by atoms with Gasteiger partial charge in [0.2, 0.25) is 0 Å². The summed E-state index contributed by atoms with van der Waals surface area (Å²) in [5, 5.41) is 0. The second-order valence-corrected chi connectivity index (χ2v) is 9.02. The maximum Gasteiger partial charge on any atom is 0.195 e. The summed E-state index contributed by atoms with van der Waals surface area (Å²) in [4.78, 5) is 14.3. The average molecular weight is 473 g/mol. The van der Waals surface area contributed by atoms with Crippen LogP contribution in [0.2, 0.25) is 0 Å². The zero-order valence-corrected chi connectivity index (χ0v) is 21.0. The minimum absolute atomic E-state index is 0.0189. The summed E-state index contributed by atoms with van der Waals surface area (Å²) in [6, 6.07) is 32.2. The van der Waals surface area contributed by atoms with Crippen LogP contribution in [-0.4, -0.2) is 20.0 Å². The van der Waals surface area contributed by atoms with Crippen LogP contribution >= 0.6 is 0 Å². The highest BCUT2D eigenvalue weighted by Crippen LogP contribution is 2.50.